The second-order valence-corrected chi connectivity index (χ2v) is 4.22. The smallest absolute Gasteiger partial charge is 0.320 e. The van der Waals surface area contributed by atoms with E-state index >= 15 is 0 Å². The lowest BCUT2D eigenvalue weighted by molar-refractivity contribution is -0.138. The van der Waals surface area contributed by atoms with Crippen LogP contribution >= 0.6 is 0 Å². The fraction of sp³-hybridized carbons (Fsp3) is 0.417. The third-order valence-electron chi connectivity index (χ3n) is 3.02. The lowest BCUT2D eigenvalue weighted by atomic mass is 9.98. The Labute approximate surface area is 94.4 Å². The molecule has 1 aliphatic carbocycles. The first-order valence-corrected chi connectivity index (χ1v) is 5.41. The SMILES string of the molecule is Cn1cc(CC(N)C(=O)O)c2c1CCC=C2. The summed E-state index contributed by atoms with van der Waals surface area (Å²) in [5.41, 5.74) is 9.02. The number of fused-ring (bicyclic) bond motifs is 1. The first kappa shape index (κ1) is 11.0. The molecule has 0 aromatic carbocycles. The van der Waals surface area contributed by atoms with Gasteiger partial charge in [0.1, 0.15) is 6.04 Å². The van der Waals surface area contributed by atoms with Gasteiger partial charge in [-0.3, -0.25) is 4.79 Å². The maximum atomic E-state index is 10.7. The largest absolute Gasteiger partial charge is 0.480 e. The van der Waals surface area contributed by atoms with E-state index in [1.165, 1.54) is 5.69 Å². The number of carboxylic acids is 1. The van der Waals surface area contributed by atoms with Crippen LogP contribution in [0.3, 0.4) is 0 Å². The van der Waals surface area contributed by atoms with E-state index in [9.17, 15) is 4.79 Å². The fourth-order valence-electron chi connectivity index (χ4n) is 2.18. The van der Waals surface area contributed by atoms with E-state index in [1.54, 1.807) is 0 Å². The Hall–Kier alpha value is -1.55. The van der Waals surface area contributed by atoms with Crippen LogP contribution in [-0.4, -0.2) is 21.7 Å². The molecule has 1 unspecified atom stereocenters. The van der Waals surface area contributed by atoms with Crippen LogP contribution in [0, 0.1) is 0 Å². The first-order chi connectivity index (χ1) is 7.59. The average molecular weight is 220 g/mol. The van der Waals surface area contributed by atoms with Crippen LogP contribution in [0.2, 0.25) is 0 Å². The molecule has 4 heteroatoms. The molecule has 0 saturated carbocycles. The van der Waals surface area contributed by atoms with Gasteiger partial charge in [0.25, 0.3) is 0 Å². The molecule has 0 fully saturated rings. The summed E-state index contributed by atoms with van der Waals surface area (Å²) in [4.78, 5) is 10.7. The number of allylic oxidation sites excluding steroid dienone is 1. The van der Waals surface area contributed by atoms with Gasteiger partial charge in [-0.2, -0.15) is 0 Å². The number of aryl methyl sites for hydroxylation is 1. The summed E-state index contributed by atoms with van der Waals surface area (Å²) < 4.78 is 2.07. The Morgan fingerprint density at radius 1 is 1.69 bits per heavy atom. The van der Waals surface area contributed by atoms with Gasteiger partial charge < -0.3 is 15.4 Å². The van der Waals surface area contributed by atoms with Crippen molar-refractivity contribution < 1.29 is 9.90 Å². The van der Waals surface area contributed by atoms with Crippen LogP contribution in [0.15, 0.2) is 12.3 Å². The zero-order valence-electron chi connectivity index (χ0n) is 9.31. The minimum Gasteiger partial charge on any atom is -0.480 e. The van der Waals surface area contributed by atoms with Gasteiger partial charge in [0, 0.05) is 25.4 Å². The van der Waals surface area contributed by atoms with Crippen LogP contribution in [0.1, 0.15) is 23.2 Å². The Balaban J connectivity index is 2.29. The Kier molecular flexibility index (Phi) is 2.83. The van der Waals surface area contributed by atoms with Crippen LogP contribution < -0.4 is 5.73 Å². The summed E-state index contributed by atoms with van der Waals surface area (Å²) in [6, 6.07) is -0.818. The van der Waals surface area contributed by atoms with Crippen molar-refractivity contribution in [1.29, 1.82) is 0 Å². The van der Waals surface area contributed by atoms with Crippen molar-refractivity contribution in [2.24, 2.45) is 12.8 Å². The summed E-state index contributed by atoms with van der Waals surface area (Å²) in [6.07, 6.45) is 8.65. The number of nitrogens with zero attached hydrogens (tertiary/aromatic N) is 1. The molecule has 1 aromatic heterocycles. The number of carboxylic acid groups (broad SMARTS) is 1. The summed E-state index contributed by atoms with van der Waals surface area (Å²) in [5, 5.41) is 8.80. The number of aliphatic carboxylic acids is 1. The summed E-state index contributed by atoms with van der Waals surface area (Å²) >= 11 is 0. The molecule has 0 saturated heterocycles. The third-order valence-corrected chi connectivity index (χ3v) is 3.02. The highest BCUT2D eigenvalue weighted by atomic mass is 16.4. The van der Waals surface area contributed by atoms with Gasteiger partial charge in [0.15, 0.2) is 0 Å². The molecule has 3 N–H and O–H groups in total. The molecule has 0 spiro atoms. The van der Waals surface area contributed by atoms with Crippen molar-refractivity contribution in [3.05, 3.63) is 29.1 Å². The van der Waals surface area contributed by atoms with Gasteiger partial charge in [-0.15, -0.1) is 0 Å². The van der Waals surface area contributed by atoms with Gasteiger partial charge in [-0.25, -0.2) is 0 Å². The van der Waals surface area contributed by atoms with Crippen molar-refractivity contribution in [1.82, 2.24) is 4.57 Å². The molecule has 4 nitrogen and oxygen atoms in total. The number of hydrogen-bond donors (Lipinski definition) is 2. The molecule has 1 heterocycles. The van der Waals surface area contributed by atoms with E-state index in [1.807, 2.05) is 13.2 Å². The standard InChI is InChI=1S/C12H16N2O2/c1-14-7-8(6-10(13)12(15)16)9-4-2-3-5-11(9)14/h2,4,7,10H,3,5-6,13H2,1H3,(H,15,16). The van der Waals surface area contributed by atoms with Crippen LogP contribution in [0.4, 0.5) is 0 Å². The topological polar surface area (TPSA) is 68.2 Å². The van der Waals surface area contributed by atoms with Gasteiger partial charge in [0.05, 0.1) is 0 Å². The van der Waals surface area contributed by atoms with E-state index in [-0.39, 0.29) is 0 Å². The molecular weight excluding hydrogens is 204 g/mol. The van der Waals surface area contributed by atoms with Crippen LogP contribution in [0.5, 0.6) is 0 Å². The van der Waals surface area contributed by atoms with Crippen molar-refractivity contribution >= 4 is 12.0 Å². The molecule has 1 atom stereocenters. The minimum atomic E-state index is -0.947. The summed E-state index contributed by atoms with van der Waals surface area (Å²) in [5.74, 6) is -0.947. The number of rotatable bonds is 3. The highest BCUT2D eigenvalue weighted by Gasteiger charge is 2.19. The quantitative estimate of drug-likeness (QED) is 0.796. The Morgan fingerprint density at radius 2 is 2.44 bits per heavy atom. The molecule has 0 amide bonds. The van der Waals surface area contributed by atoms with E-state index in [0.717, 1.165) is 24.0 Å². The average Bonchev–Trinajstić information content (AvgIpc) is 2.57. The number of hydrogen-bond acceptors (Lipinski definition) is 2. The molecular formula is C12H16N2O2. The maximum Gasteiger partial charge on any atom is 0.320 e. The highest BCUT2D eigenvalue weighted by Crippen LogP contribution is 2.25. The van der Waals surface area contributed by atoms with E-state index in [2.05, 4.69) is 16.7 Å². The molecule has 16 heavy (non-hydrogen) atoms. The monoisotopic (exact) mass is 220 g/mol. The molecule has 86 valence electrons. The summed E-state index contributed by atoms with van der Waals surface area (Å²) in [7, 11) is 1.99. The lowest BCUT2D eigenvalue weighted by Gasteiger charge is -2.10. The van der Waals surface area contributed by atoms with Gasteiger partial charge >= 0.3 is 5.97 Å². The molecule has 2 rings (SSSR count). The van der Waals surface area contributed by atoms with Gasteiger partial charge in [0.2, 0.25) is 0 Å². The van der Waals surface area contributed by atoms with Crippen LogP contribution in [-0.2, 0) is 24.7 Å². The number of aromatic nitrogens is 1. The Bertz CT molecular complexity index is 446. The molecule has 1 aliphatic rings. The summed E-state index contributed by atoms with van der Waals surface area (Å²) in [6.45, 7) is 0. The molecule has 0 aliphatic heterocycles. The predicted molar refractivity (Wildman–Crippen MR) is 62.1 cm³/mol. The van der Waals surface area contributed by atoms with Crippen molar-refractivity contribution in [3.63, 3.8) is 0 Å². The lowest BCUT2D eigenvalue weighted by Crippen LogP contribution is -2.32. The molecule has 1 aromatic rings. The maximum absolute atomic E-state index is 10.7. The number of nitrogens with two attached hydrogens (primary N) is 1. The fourth-order valence-corrected chi connectivity index (χ4v) is 2.18. The van der Waals surface area contributed by atoms with E-state index in [4.69, 9.17) is 10.8 Å². The van der Waals surface area contributed by atoms with Gasteiger partial charge in [-0.1, -0.05) is 12.2 Å². The predicted octanol–water partition coefficient (Wildman–Crippen LogP) is 0.939. The van der Waals surface area contributed by atoms with Crippen molar-refractivity contribution in [2.45, 2.75) is 25.3 Å². The van der Waals surface area contributed by atoms with Crippen molar-refractivity contribution in [2.75, 3.05) is 0 Å². The second kappa shape index (κ2) is 4.14. The highest BCUT2D eigenvalue weighted by molar-refractivity contribution is 5.74. The first-order valence-electron chi connectivity index (χ1n) is 5.41. The Morgan fingerprint density at radius 3 is 3.12 bits per heavy atom. The zero-order chi connectivity index (χ0) is 11.7. The second-order valence-electron chi connectivity index (χ2n) is 4.22. The van der Waals surface area contributed by atoms with E-state index < -0.39 is 12.0 Å². The zero-order valence-corrected chi connectivity index (χ0v) is 9.31. The normalized spacial score (nSPS) is 15.9. The number of carbonyl (C=O) groups is 1. The third kappa shape index (κ3) is 1.88. The van der Waals surface area contributed by atoms with Crippen LogP contribution in [0.25, 0.3) is 6.08 Å². The van der Waals surface area contributed by atoms with Gasteiger partial charge in [-0.05, 0) is 24.0 Å². The van der Waals surface area contributed by atoms with E-state index in [0.29, 0.717) is 6.42 Å². The minimum absolute atomic E-state index is 0.392. The van der Waals surface area contributed by atoms with Crippen molar-refractivity contribution in [3.8, 4) is 0 Å². The molecule has 0 bridgehead atoms. The molecule has 0 radical (unpaired) electrons.